The number of hydrogen-bond donors (Lipinski definition) is 0. The quantitative estimate of drug-likeness (QED) is 0.750. The van der Waals surface area contributed by atoms with E-state index in [-0.39, 0.29) is 5.91 Å². The number of likely N-dealkylation sites (tertiary alicyclic amines) is 2. The number of carbonyl (C=O) groups excluding carboxylic acids is 1. The number of piperidine rings is 2. The lowest BCUT2D eigenvalue weighted by atomic mass is 9.99. The molecule has 0 aliphatic carbocycles. The first-order valence-corrected chi connectivity index (χ1v) is 12.3. The molecule has 3 aliphatic heterocycles. The average molecular weight is 421 g/mol. The molecule has 2 saturated heterocycles. The molecule has 0 spiro atoms. The van der Waals surface area contributed by atoms with Crippen molar-refractivity contribution < 1.29 is 4.79 Å². The summed E-state index contributed by atoms with van der Waals surface area (Å²) in [4.78, 5) is 20.7. The van der Waals surface area contributed by atoms with Gasteiger partial charge in [-0.25, -0.2) is 0 Å². The topological polar surface area (TPSA) is 31.7 Å². The Morgan fingerprint density at radius 1 is 0.806 bits per heavy atom. The third kappa shape index (κ3) is 4.73. The van der Waals surface area contributed by atoms with E-state index in [4.69, 9.17) is 0 Å². The summed E-state index contributed by atoms with van der Waals surface area (Å²) in [5, 5.41) is 0. The van der Waals surface area contributed by atoms with Crippen LogP contribution in [0.1, 0.15) is 60.3 Å². The van der Waals surface area contributed by atoms with Crippen LogP contribution >= 0.6 is 0 Å². The maximum Gasteiger partial charge on any atom is 0.270 e. The molecule has 0 N–H and O–H groups in total. The second-order valence-corrected chi connectivity index (χ2v) is 9.53. The van der Waals surface area contributed by atoms with Crippen molar-refractivity contribution in [3.63, 3.8) is 0 Å². The van der Waals surface area contributed by atoms with Crippen LogP contribution in [0.2, 0.25) is 0 Å². The minimum atomic E-state index is 0.236. The molecule has 5 rings (SSSR count). The predicted molar refractivity (Wildman–Crippen MR) is 124 cm³/mol. The van der Waals surface area contributed by atoms with Gasteiger partial charge in [0, 0.05) is 51.0 Å². The molecule has 3 aliphatic rings. The third-order valence-corrected chi connectivity index (χ3v) is 7.44. The van der Waals surface area contributed by atoms with E-state index in [9.17, 15) is 4.79 Å². The van der Waals surface area contributed by atoms with Crippen molar-refractivity contribution in [2.75, 3.05) is 32.7 Å². The summed E-state index contributed by atoms with van der Waals surface area (Å²) in [7, 11) is 0. The standard InChI is InChI=1S/C26H36N4O/c31-26(29-18-12-23(13-19-29)28-15-5-2-6-16-28)25-11-10-24-21-27(14-7-17-30(24)25)20-22-8-3-1-4-9-22/h1,3-4,8-11,23H,2,5-7,12-21H2. The van der Waals surface area contributed by atoms with Crippen LogP contribution < -0.4 is 0 Å². The molecule has 31 heavy (non-hydrogen) atoms. The van der Waals surface area contributed by atoms with Crippen LogP contribution in [0.15, 0.2) is 42.5 Å². The lowest BCUT2D eigenvalue weighted by Crippen LogP contribution is -2.48. The van der Waals surface area contributed by atoms with Gasteiger partial charge in [-0.15, -0.1) is 0 Å². The molecular weight excluding hydrogens is 384 g/mol. The predicted octanol–water partition coefficient (Wildman–Crippen LogP) is 3.98. The van der Waals surface area contributed by atoms with Gasteiger partial charge in [0.2, 0.25) is 0 Å². The van der Waals surface area contributed by atoms with E-state index in [1.807, 2.05) is 0 Å². The van der Waals surface area contributed by atoms with Crippen molar-refractivity contribution in [3.8, 4) is 0 Å². The van der Waals surface area contributed by atoms with E-state index in [0.717, 1.165) is 64.2 Å². The molecule has 2 aromatic rings. The van der Waals surface area contributed by atoms with Gasteiger partial charge >= 0.3 is 0 Å². The summed E-state index contributed by atoms with van der Waals surface area (Å²) in [6.45, 7) is 8.22. The second kappa shape index (κ2) is 9.58. The van der Waals surface area contributed by atoms with Crippen LogP contribution in [0.3, 0.4) is 0 Å². The molecule has 0 unspecified atom stereocenters. The molecule has 166 valence electrons. The largest absolute Gasteiger partial charge is 0.339 e. The molecule has 1 amide bonds. The van der Waals surface area contributed by atoms with Gasteiger partial charge in [0.25, 0.3) is 5.91 Å². The van der Waals surface area contributed by atoms with Gasteiger partial charge in [-0.1, -0.05) is 36.8 Å². The van der Waals surface area contributed by atoms with Crippen LogP contribution in [-0.4, -0.2) is 63.9 Å². The Labute approximate surface area is 186 Å². The second-order valence-electron chi connectivity index (χ2n) is 9.53. The number of fused-ring (bicyclic) bond motifs is 1. The van der Waals surface area contributed by atoms with Crippen molar-refractivity contribution in [1.29, 1.82) is 0 Å². The molecule has 1 aromatic carbocycles. The lowest BCUT2D eigenvalue weighted by molar-refractivity contribution is 0.0580. The SMILES string of the molecule is O=C(c1ccc2n1CCCN(Cc1ccccc1)C2)N1CCC(N2CCCCC2)CC1. The monoisotopic (exact) mass is 420 g/mol. The van der Waals surface area contributed by atoms with Crippen LogP contribution in [0.4, 0.5) is 0 Å². The Bertz CT molecular complexity index is 863. The highest BCUT2D eigenvalue weighted by Gasteiger charge is 2.30. The Kier molecular flexibility index (Phi) is 6.42. The molecule has 0 atom stereocenters. The van der Waals surface area contributed by atoms with Crippen molar-refractivity contribution in [2.45, 2.75) is 64.2 Å². The van der Waals surface area contributed by atoms with E-state index in [1.165, 1.54) is 43.6 Å². The number of hydrogen-bond acceptors (Lipinski definition) is 3. The van der Waals surface area contributed by atoms with E-state index < -0.39 is 0 Å². The summed E-state index contributed by atoms with van der Waals surface area (Å²) in [6, 6.07) is 15.6. The van der Waals surface area contributed by atoms with Gasteiger partial charge in [-0.3, -0.25) is 9.69 Å². The zero-order valence-corrected chi connectivity index (χ0v) is 18.7. The van der Waals surface area contributed by atoms with Crippen LogP contribution in [0.5, 0.6) is 0 Å². The molecule has 5 nitrogen and oxygen atoms in total. The van der Waals surface area contributed by atoms with Crippen molar-refractivity contribution in [1.82, 2.24) is 19.3 Å². The zero-order valence-electron chi connectivity index (χ0n) is 18.7. The van der Waals surface area contributed by atoms with Gasteiger partial charge in [0.1, 0.15) is 5.69 Å². The number of benzene rings is 1. The van der Waals surface area contributed by atoms with E-state index in [0.29, 0.717) is 6.04 Å². The summed E-state index contributed by atoms with van der Waals surface area (Å²) in [5.41, 5.74) is 3.53. The molecular formula is C26H36N4O. The van der Waals surface area contributed by atoms with Crippen LogP contribution in [0.25, 0.3) is 0 Å². The van der Waals surface area contributed by atoms with Crippen molar-refractivity contribution >= 4 is 5.91 Å². The fraction of sp³-hybridized carbons (Fsp3) is 0.577. The smallest absolute Gasteiger partial charge is 0.270 e. The molecule has 0 radical (unpaired) electrons. The number of nitrogens with zero attached hydrogens (tertiary/aromatic N) is 4. The van der Waals surface area contributed by atoms with Crippen molar-refractivity contribution in [3.05, 3.63) is 59.4 Å². The van der Waals surface area contributed by atoms with Gasteiger partial charge in [-0.05, 0) is 62.9 Å². The fourth-order valence-electron chi connectivity index (χ4n) is 5.72. The minimum absolute atomic E-state index is 0.236. The Morgan fingerprint density at radius 3 is 2.35 bits per heavy atom. The molecule has 1 aromatic heterocycles. The van der Waals surface area contributed by atoms with Gasteiger partial charge in [0.15, 0.2) is 0 Å². The van der Waals surface area contributed by atoms with Gasteiger partial charge in [0.05, 0.1) is 0 Å². The average Bonchev–Trinajstić information content (AvgIpc) is 3.11. The third-order valence-electron chi connectivity index (χ3n) is 7.44. The van der Waals surface area contributed by atoms with E-state index >= 15 is 0 Å². The first kappa shape index (κ1) is 20.8. The summed E-state index contributed by atoms with van der Waals surface area (Å²) in [6.07, 6.45) is 7.42. The number of aromatic nitrogens is 1. The highest BCUT2D eigenvalue weighted by atomic mass is 16.2. The van der Waals surface area contributed by atoms with E-state index in [1.54, 1.807) is 0 Å². The Hall–Kier alpha value is -2.11. The maximum atomic E-state index is 13.4. The number of carbonyl (C=O) groups is 1. The van der Waals surface area contributed by atoms with E-state index in [2.05, 4.69) is 61.7 Å². The van der Waals surface area contributed by atoms with Crippen LogP contribution in [-0.2, 0) is 19.6 Å². The Balaban J connectivity index is 1.21. The molecule has 4 heterocycles. The summed E-state index contributed by atoms with van der Waals surface area (Å²) < 4.78 is 2.30. The molecule has 5 heteroatoms. The number of rotatable bonds is 4. The van der Waals surface area contributed by atoms with Gasteiger partial charge in [-0.2, -0.15) is 0 Å². The molecule has 0 bridgehead atoms. The minimum Gasteiger partial charge on any atom is -0.339 e. The van der Waals surface area contributed by atoms with Crippen LogP contribution in [0, 0.1) is 0 Å². The van der Waals surface area contributed by atoms with Crippen molar-refractivity contribution in [2.24, 2.45) is 0 Å². The zero-order chi connectivity index (χ0) is 21.0. The number of amides is 1. The summed E-state index contributed by atoms with van der Waals surface area (Å²) in [5.74, 6) is 0.236. The Morgan fingerprint density at radius 2 is 1.58 bits per heavy atom. The lowest BCUT2D eigenvalue weighted by Gasteiger charge is -2.40. The maximum absolute atomic E-state index is 13.4. The first-order chi connectivity index (χ1) is 15.3. The molecule has 2 fully saturated rings. The first-order valence-electron chi connectivity index (χ1n) is 12.3. The highest BCUT2D eigenvalue weighted by Crippen LogP contribution is 2.24. The summed E-state index contributed by atoms with van der Waals surface area (Å²) >= 11 is 0. The molecule has 0 saturated carbocycles. The fourth-order valence-corrected chi connectivity index (χ4v) is 5.72. The van der Waals surface area contributed by atoms with Gasteiger partial charge < -0.3 is 14.4 Å². The normalized spacial score (nSPS) is 21.6. The highest BCUT2D eigenvalue weighted by molar-refractivity contribution is 5.93.